The summed E-state index contributed by atoms with van der Waals surface area (Å²) in [6.45, 7) is 5.98. The van der Waals surface area contributed by atoms with Crippen LogP contribution in [-0.2, 0) is 9.59 Å². The molecule has 0 aromatic rings. The van der Waals surface area contributed by atoms with Crippen molar-refractivity contribution >= 4 is 11.9 Å². The summed E-state index contributed by atoms with van der Waals surface area (Å²) >= 11 is 0. The SMILES string of the molecule is CCCCCCCCCCN(CCCCCCCCCC)C(=O)C(N)CCC(=O)O. The molecule has 0 rings (SSSR count). The lowest BCUT2D eigenvalue weighted by molar-refractivity contribution is -0.137. The van der Waals surface area contributed by atoms with E-state index in [1.807, 2.05) is 4.90 Å². The second-order valence-electron chi connectivity index (χ2n) is 8.81. The summed E-state index contributed by atoms with van der Waals surface area (Å²) in [5.74, 6) is -0.960. The Kier molecular flexibility index (Phi) is 20.4. The van der Waals surface area contributed by atoms with E-state index < -0.39 is 12.0 Å². The van der Waals surface area contributed by atoms with E-state index in [0.29, 0.717) is 0 Å². The molecule has 1 atom stereocenters. The normalized spacial score (nSPS) is 12.1. The molecule has 0 aliphatic heterocycles. The van der Waals surface area contributed by atoms with Gasteiger partial charge >= 0.3 is 5.97 Å². The number of carbonyl (C=O) groups is 2. The van der Waals surface area contributed by atoms with E-state index in [4.69, 9.17) is 10.8 Å². The van der Waals surface area contributed by atoms with E-state index in [1.165, 1.54) is 77.0 Å². The monoisotopic (exact) mass is 426 g/mol. The summed E-state index contributed by atoms with van der Waals surface area (Å²) in [6, 6.07) is -0.691. The van der Waals surface area contributed by atoms with Crippen LogP contribution < -0.4 is 5.73 Å². The first kappa shape index (κ1) is 28.9. The van der Waals surface area contributed by atoms with Crippen LogP contribution in [0, 0.1) is 0 Å². The Balaban J connectivity index is 4.21. The van der Waals surface area contributed by atoms with Gasteiger partial charge in [-0.2, -0.15) is 0 Å². The Hall–Kier alpha value is -1.10. The number of aliphatic carboxylic acids is 1. The summed E-state index contributed by atoms with van der Waals surface area (Å²) in [5.41, 5.74) is 6.01. The van der Waals surface area contributed by atoms with Gasteiger partial charge in [-0.05, 0) is 19.3 Å². The zero-order valence-corrected chi connectivity index (χ0v) is 20.0. The summed E-state index contributed by atoms with van der Waals surface area (Å²) in [4.78, 5) is 25.4. The second-order valence-corrected chi connectivity index (χ2v) is 8.81. The molecule has 0 aromatic carbocycles. The molecule has 0 bridgehead atoms. The van der Waals surface area contributed by atoms with Crippen molar-refractivity contribution in [3.8, 4) is 0 Å². The van der Waals surface area contributed by atoms with Crippen molar-refractivity contribution < 1.29 is 14.7 Å². The molecular formula is C25H50N2O3. The van der Waals surface area contributed by atoms with Crippen molar-refractivity contribution in [1.29, 1.82) is 0 Å². The van der Waals surface area contributed by atoms with E-state index in [2.05, 4.69) is 13.8 Å². The fourth-order valence-corrected chi connectivity index (χ4v) is 3.84. The van der Waals surface area contributed by atoms with Crippen molar-refractivity contribution in [3.05, 3.63) is 0 Å². The first-order chi connectivity index (χ1) is 14.5. The number of carboxylic acid groups (broad SMARTS) is 1. The van der Waals surface area contributed by atoms with Gasteiger partial charge in [-0.3, -0.25) is 9.59 Å². The van der Waals surface area contributed by atoms with Crippen LogP contribution in [0.15, 0.2) is 0 Å². The van der Waals surface area contributed by atoms with Gasteiger partial charge in [-0.1, -0.05) is 104 Å². The standard InChI is InChI=1S/C25H50N2O3/c1-3-5-7-9-11-13-15-17-21-27(25(30)23(26)19-20-24(28)29)22-18-16-14-12-10-8-6-4-2/h23H,3-22,26H2,1-2H3,(H,28,29). The highest BCUT2D eigenvalue weighted by atomic mass is 16.4. The predicted octanol–water partition coefficient (Wildman–Crippen LogP) is 6.29. The third kappa shape index (κ3) is 17.7. The Bertz CT molecular complexity index is 395. The van der Waals surface area contributed by atoms with Crippen LogP contribution >= 0.6 is 0 Å². The van der Waals surface area contributed by atoms with Crippen molar-refractivity contribution in [2.45, 2.75) is 135 Å². The number of rotatable bonds is 22. The molecule has 0 aromatic heterocycles. The number of amides is 1. The molecular weight excluding hydrogens is 376 g/mol. The van der Waals surface area contributed by atoms with Crippen molar-refractivity contribution in [2.24, 2.45) is 5.73 Å². The van der Waals surface area contributed by atoms with Gasteiger partial charge in [0, 0.05) is 19.5 Å². The highest BCUT2D eigenvalue weighted by molar-refractivity contribution is 5.82. The van der Waals surface area contributed by atoms with Crippen molar-refractivity contribution in [2.75, 3.05) is 13.1 Å². The van der Waals surface area contributed by atoms with Crippen LogP contribution in [0.1, 0.15) is 129 Å². The molecule has 178 valence electrons. The fourth-order valence-electron chi connectivity index (χ4n) is 3.84. The van der Waals surface area contributed by atoms with Crippen molar-refractivity contribution in [3.63, 3.8) is 0 Å². The second kappa shape index (κ2) is 21.1. The number of hydrogen-bond donors (Lipinski definition) is 2. The fraction of sp³-hybridized carbons (Fsp3) is 0.920. The van der Waals surface area contributed by atoms with Crippen LogP contribution in [0.5, 0.6) is 0 Å². The lowest BCUT2D eigenvalue weighted by atomic mass is 10.1. The molecule has 0 aliphatic carbocycles. The van der Waals surface area contributed by atoms with Crippen molar-refractivity contribution in [1.82, 2.24) is 4.90 Å². The summed E-state index contributed by atoms with van der Waals surface area (Å²) in [6.07, 6.45) is 20.0. The minimum Gasteiger partial charge on any atom is -0.481 e. The maximum Gasteiger partial charge on any atom is 0.303 e. The minimum atomic E-state index is -0.893. The average Bonchev–Trinajstić information content (AvgIpc) is 2.73. The predicted molar refractivity (Wildman–Crippen MR) is 127 cm³/mol. The van der Waals surface area contributed by atoms with Crippen LogP contribution in [-0.4, -0.2) is 41.0 Å². The molecule has 0 heterocycles. The van der Waals surface area contributed by atoms with Gasteiger partial charge in [0.2, 0.25) is 5.91 Å². The van der Waals surface area contributed by atoms with Crippen LogP contribution in [0.25, 0.3) is 0 Å². The zero-order valence-electron chi connectivity index (χ0n) is 20.0. The largest absolute Gasteiger partial charge is 0.481 e. The maximum atomic E-state index is 12.7. The quantitative estimate of drug-likeness (QED) is 0.199. The molecule has 5 nitrogen and oxygen atoms in total. The Morgan fingerprint density at radius 3 is 1.43 bits per heavy atom. The topological polar surface area (TPSA) is 83.6 Å². The Morgan fingerprint density at radius 2 is 1.07 bits per heavy atom. The minimum absolute atomic E-state index is 0.0454. The Morgan fingerprint density at radius 1 is 0.700 bits per heavy atom. The smallest absolute Gasteiger partial charge is 0.303 e. The van der Waals surface area contributed by atoms with Gasteiger partial charge in [0.15, 0.2) is 0 Å². The van der Waals surface area contributed by atoms with Crippen LogP contribution in [0.3, 0.4) is 0 Å². The van der Waals surface area contributed by atoms with E-state index in [-0.39, 0.29) is 18.7 Å². The first-order valence-corrected chi connectivity index (χ1v) is 12.8. The average molecular weight is 427 g/mol. The maximum absolute atomic E-state index is 12.7. The molecule has 0 saturated carbocycles. The summed E-state index contributed by atoms with van der Waals surface area (Å²) < 4.78 is 0. The molecule has 0 saturated heterocycles. The molecule has 3 N–H and O–H groups in total. The van der Waals surface area contributed by atoms with E-state index in [9.17, 15) is 9.59 Å². The van der Waals surface area contributed by atoms with Gasteiger partial charge in [0.05, 0.1) is 6.04 Å². The molecule has 0 radical (unpaired) electrons. The van der Waals surface area contributed by atoms with Gasteiger partial charge in [-0.25, -0.2) is 0 Å². The lowest BCUT2D eigenvalue weighted by Crippen LogP contribution is -2.44. The van der Waals surface area contributed by atoms with E-state index >= 15 is 0 Å². The molecule has 5 heteroatoms. The summed E-state index contributed by atoms with van der Waals surface area (Å²) in [5, 5.41) is 8.86. The Labute approximate surface area is 186 Å². The molecule has 30 heavy (non-hydrogen) atoms. The molecule has 0 aliphatic rings. The summed E-state index contributed by atoms with van der Waals surface area (Å²) in [7, 11) is 0. The van der Waals surface area contributed by atoms with E-state index in [0.717, 1.165) is 38.8 Å². The zero-order chi connectivity index (χ0) is 22.5. The third-order valence-corrected chi connectivity index (χ3v) is 5.86. The van der Waals surface area contributed by atoms with Crippen LogP contribution in [0.2, 0.25) is 0 Å². The highest BCUT2D eigenvalue weighted by Crippen LogP contribution is 2.12. The number of nitrogens with two attached hydrogens (primary N) is 1. The van der Waals surface area contributed by atoms with Crippen LogP contribution in [0.4, 0.5) is 0 Å². The molecule has 1 unspecified atom stereocenters. The van der Waals surface area contributed by atoms with Gasteiger partial charge in [0.25, 0.3) is 0 Å². The lowest BCUT2D eigenvalue weighted by Gasteiger charge is -2.26. The number of carbonyl (C=O) groups excluding carboxylic acids is 1. The first-order valence-electron chi connectivity index (χ1n) is 12.8. The van der Waals surface area contributed by atoms with Gasteiger partial charge in [-0.15, -0.1) is 0 Å². The molecule has 0 fully saturated rings. The molecule has 1 amide bonds. The van der Waals surface area contributed by atoms with E-state index in [1.54, 1.807) is 0 Å². The number of hydrogen-bond acceptors (Lipinski definition) is 3. The number of nitrogens with zero attached hydrogens (tertiary/aromatic N) is 1. The number of carboxylic acids is 1. The third-order valence-electron chi connectivity index (χ3n) is 5.86. The highest BCUT2D eigenvalue weighted by Gasteiger charge is 2.21. The number of unbranched alkanes of at least 4 members (excludes halogenated alkanes) is 14. The molecule has 0 spiro atoms. The van der Waals surface area contributed by atoms with Gasteiger partial charge < -0.3 is 15.7 Å². The van der Waals surface area contributed by atoms with Gasteiger partial charge in [0.1, 0.15) is 0 Å².